The molecule has 0 aliphatic carbocycles. The van der Waals surface area contributed by atoms with E-state index in [1.165, 1.54) is 37.2 Å². The van der Waals surface area contributed by atoms with Crippen LogP contribution in [0.1, 0.15) is 29.8 Å². The molecule has 1 aliphatic heterocycles. The quantitative estimate of drug-likeness (QED) is 0.848. The molecule has 0 unspecified atom stereocenters. The maximum absolute atomic E-state index is 4.49. The summed E-state index contributed by atoms with van der Waals surface area (Å²) in [6, 6.07) is 0. The first-order chi connectivity index (χ1) is 7.75. The normalized spacial score (nSPS) is 17.6. The lowest BCUT2D eigenvalue weighted by Gasteiger charge is -2.22. The Bertz CT molecular complexity index is 310. The van der Waals surface area contributed by atoms with Crippen molar-refractivity contribution in [2.45, 2.75) is 33.1 Å². The van der Waals surface area contributed by atoms with Gasteiger partial charge >= 0.3 is 0 Å². The molecule has 0 aromatic carbocycles. The van der Waals surface area contributed by atoms with Crippen LogP contribution in [-0.4, -0.2) is 24.6 Å². The Balaban J connectivity index is 1.71. The van der Waals surface area contributed by atoms with Gasteiger partial charge in [-0.1, -0.05) is 0 Å². The highest BCUT2D eigenvalue weighted by atomic mass is 32.1. The molecule has 90 valence electrons. The number of anilines is 1. The van der Waals surface area contributed by atoms with Crippen LogP contribution in [0.5, 0.6) is 0 Å². The number of hydrogen-bond acceptors (Lipinski definition) is 4. The van der Waals surface area contributed by atoms with Crippen molar-refractivity contribution in [2.24, 2.45) is 5.92 Å². The van der Waals surface area contributed by atoms with E-state index in [1.807, 2.05) is 0 Å². The van der Waals surface area contributed by atoms with Gasteiger partial charge in [0.05, 0.1) is 5.69 Å². The minimum Gasteiger partial charge on any atom is -0.361 e. The molecule has 2 heterocycles. The summed E-state index contributed by atoms with van der Waals surface area (Å²) in [4.78, 5) is 5.81. The van der Waals surface area contributed by atoms with E-state index in [9.17, 15) is 0 Å². The van der Waals surface area contributed by atoms with Crippen molar-refractivity contribution >= 4 is 16.5 Å². The van der Waals surface area contributed by atoms with Gasteiger partial charge in [0.15, 0.2) is 5.13 Å². The molecule has 0 saturated carbocycles. The fourth-order valence-corrected chi connectivity index (χ4v) is 2.94. The number of aryl methyl sites for hydroxylation is 2. The second-order valence-electron chi connectivity index (χ2n) is 4.57. The SMILES string of the molecule is Cc1nc(NCCC2CCNCC2)sc1C. The van der Waals surface area contributed by atoms with E-state index in [0.717, 1.165) is 23.3 Å². The number of aromatic nitrogens is 1. The van der Waals surface area contributed by atoms with Crippen LogP contribution in [0.2, 0.25) is 0 Å². The summed E-state index contributed by atoms with van der Waals surface area (Å²) < 4.78 is 0. The summed E-state index contributed by atoms with van der Waals surface area (Å²) >= 11 is 1.77. The van der Waals surface area contributed by atoms with Crippen molar-refractivity contribution < 1.29 is 0 Å². The molecule has 1 aromatic rings. The Morgan fingerprint density at radius 2 is 2.12 bits per heavy atom. The monoisotopic (exact) mass is 239 g/mol. The van der Waals surface area contributed by atoms with E-state index in [1.54, 1.807) is 11.3 Å². The minimum absolute atomic E-state index is 0.899. The van der Waals surface area contributed by atoms with E-state index < -0.39 is 0 Å². The van der Waals surface area contributed by atoms with Crippen molar-refractivity contribution in [1.82, 2.24) is 10.3 Å². The van der Waals surface area contributed by atoms with E-state index in [2.05, 4.69) is 29.5 Å². The lowest BCUT2D eigenvalue weighted by atomic mass is 9.95. The molecule has 1 aromatic heterocycles. The van der Waals surface area contributed by atoms with E-state index in [4.69, 9.17) is 0 Å². The molecule has 2 rings (SSSR count). The van der Waals surface area contributed by atoms with Gasteiger partial charge in [0.1, 0.15) is 0 Å². The van der Waals surface area contributed by atoms with Crippen LogP contribution in [0, 0.1) is 19.8 Å². The number of nitrogens with zero attached hydrogens (tertiary/aromatic N) is 1. The van der Waals surface area contributed by atoms with Gasteiger partial charge in [0, 0.05) is 11.4 Å². The fraction of sp³-hybridized carbons (Fsp3) is 0.750. The summed E-state index contributed by atoms with van der Waals surface area (Å²) in [6.45, 7) is 7.66. The fourth-order valence-electron chi connectivity index (χ4n) is 2.10. The van der Waals surface area contributed by atoms with Gasteiger partial charge in [0.25, 0.3) is 0 Å². The molecule has 0 spiro atoms. The maximum atomic E-state index is 4.49. The first kappa shape index (κ1) is 11.9. The summed E-state index contributed by atoms with van der Waals surface area (Å²) in [5.74, 6) is 0.899. The highest BCUT2D eigenvalue weighted by Gasteiger charge is 2.12. The molecule has 0 radical (unpaired) electrons. The smallest absolute Gasteiger partial charge is 0.183 e. The average Bonchev–Trinajstić information content (AvgIpc) is 2.60. The predicted octanol–water partition coefficient (Wildman–Crippen LogP) is 2.56. The zero-order valence-electron chi connectivity index (χ0n) is 10.2. The van der Waals surface area contributed by atoms with Gasteiger partial charge in [0.2, 0.25) is 0 Å². The van der Waals surface area contributed by atoms with Crippen LogP contribution in [0.25, 0.3) is 0 Å². The average molecular weight is 239 g/mol. The van der Waals surface area contributed by atoms with Crippen LogP contribution >= 0.6 is 11.3 Å². The minimum atomic E-state index is 0.899. The summed E-state index contributed by atoms with van der Waals surface area (Å²) in [6.07, 6.45) is 3.94. The standard InChI is InChI=1S/C12H21N3S/c1-9-10(2)16-12(15-9)14-8-5-11-3-6-13-7-4-11/h11,13H,3-8H2,1-2H3,(H,14,15). The molecular weight excluding hydrogens is 218 g/mol. The van der Waals surface area contributed by atoms with Gasteiger partial charge in [-0.2, -0.15) is 0 Å². The van der Waals surface area contributed by atoms with Crippen LogP contribution in [0.3, 0.4) is 0 Å². The molecule has 2 N–H and O–H groups in total. The summed E-state index contributed by atoms with van der Waals surface area (Å²) in [5, 5.41) is 7.93. The second-order valence-corrected chi connectivity index (χ2v) is 5.77. The third-order valence-electron chi connectivity index (χ3n) is 3.32. The Labute approximate surface area is 102 Å². The largest absolute Gasteiger partial charge is 0.361 e. The van der Waals surface area contributed by atoms with Crippen LogP contribution in [-0.2, 0) is 0 Å². The number of piperidine rings is 1. The molecule has 4 heteroatoms. The van der Waals surface area contributed by atoms with E-state index >= 15 is 0 Å². The Hall–Kier alpha value is -0.610. The van der Waals surface area contributed by atoms with Crippen molar-refractivity contribution in [2.75, 3.05) is 25.0 Å². The van der Waals surface area contributed by atoms with Crippen molar-refractivity contribution in [1.29, 1.82) is 0 Å². The molecule has 1 fully saturated rings. The highest BCUT2D eigenvalue weighted by molar-refractivity contribution is 7.15. The Morgan fingerprint density at radius 3 is 2.75 bits per heavy atom. The first-order valence-electron chi connectivity index (χ1n) is 6.14. The number of thiazole rings is 1. The zero-order chi connectivity index (χ0) is 11.4. The highest BCUT2D eigenvalue weighted by Crippen LogP contribution is 2.22. The molecule has 3 nitrogen and oxygen atoms in total. The second kappa shape index (κ2) is 5.64. The van der Waals surface area contributed by atoms with Crippen molar-refractivity contribution in [3.8, 4) is 0 Å². The van der Waals surface area contributed by atoms with Gasteiger partial charge in [-0.15, -0.1) is 11.3 Å². The number of rotatable bonds is 4. The number of hydrogen-bond donors (Lipinski definition) is 2. The number of nitrogens with one attached hydrogen (secondary N) is 2. The van der Waals surface area contributed by atoms with Crippen LogP contribution in [0.15, 0.2) is 0 Å². The van der Waals surface area contributed by atoms with Gasteiger partial charge in [-0.05, 0) is 52.1 Å². The third kappa shape index (κ3) is 3.19. The molecule has 0 atom stereocenters. The van der Waals surface area contributed by atoms with E-state index in [0.29, 0.717) is 0 Å². The molecular formula is C12H21N3S. The zero-order valence-corrected chi connectivity index (χ0v) is 11.0. The predicted molar refractivity (Wildman–Crippen MR) is 70.3 cm³/mol. The lowest BCUT2D eigenvalue weighted by molar-refractivity contribution is 0.361. The summed E-state index contributed by atoms with van der Waals surface area (Å²) in [5.41, 5.74) is 1.16. The molecule has 0 amide bonds. The first-order valence-corrected chi connectivity index (χ1v) is 6.96. The molecule has 16 heavy (non-hydrogen) atoms. The Kier molecular flexibility index (Phi) is 4.18. The topological polar surface area (TPSA) is 37.0 Å². The summed E-state index contributed by atoms with van der Waals surface area (Å²) in [7, 11) is 0. The van der Waals surface area contributed by atoms with Crippen LogP contribution in [0.4, 0.5) is 5.13 Å². The van der Waals surface area contributed by atoms with E-state index in [-0.39, 0.29) is 0 Å². The molecule has 0 bridgehead atoms. The Morgan fingerprint density at radius 1 is 1.38 bits per heavy atom. The lowest BCUT2D eigenvalue weighted by Crippen LogP contribution is -2.28. The molecule has 1 aliphatic rings. The van der Waals surface area contributed by atoms with Gasteiger partial charge in [-0.25, -0.2) is 4.98 Å². The molecule has 1 saturated heterocycles. The van der Waals surface area contributed by atoms with Crippen molar-refractivity contribution in [3.63, 3.8) is 0 Å². The van der Waals surface area contributed by atoms with Gasteiger partial charge < -0.3 is 10.6 Å². The van der Waals surface area contributed by atoms with Crippen LogP contribution < -0.4 is 10.6 Å². The third-order valence-corrected chi connectivity index (χ3v) is 4.35. The van der Waals surface area contributed by atoms with Gasteiger partial charge in [-0.3, -0.25) is 0 Å². The maximum Gasteiger partial charge on any atom is 0.183 e. The van der Waals surface area contributed by atoms with Crippen molar-refractivity contribution in [3.05, 3.63) is 10.6 Å².